The van der Waals surface area contributed by atoms with Crippen LogP contribution < -0.4 is 4.74 Å². The SMILES string of the molecule is CC/C=C\C/C=C\C/C=C/CCCCCCCC(=O)Oc1ccccc1C(=O)O. The number of benzene rings is 1. The summed E-state index contributed by atoms with van der Waals surface area (Å²) in [5.74, 6) is -1.36. The minimum absolute atomic E-state index is 0.0118. The quantitative estimate of drug-likeness (QED) is 0.151. The molecule has 0 saturated carbocycles. The van der Waals surface area contributed by atoms with Crippen LogP contribution in [0.5, 0.6) is 5.75 Å². The third-order valence-electron chi connectivity index (χ3n) is 4.37. The first kappa shape index (κ1) is 24.4. The van der Waals surface area contributed by atoms with E-state index in [4.69, 9.17) is 9.84 Å². The standard InChI is InChI=1S/C25H34O4/c1-2-3-4-5-6-7-8-9-10-11-12-13-14-15-16-21-24(26)29-23-20-18-17-19-22(23)25(27)28/h3-4,6-7,9-10,17-20H,2,5,8,11-16,21H2,1H3,(H,27,28)/b4-3-,7-6-,10-9+. The molecule has 0 unspecified atom stereocenters. The normalized spacial score (nSPS) is 11.6. The van der Waals surface area contributed by atoms with Crippen molar-refractivity contribution in [2.75, 3.05) is 0 Å². The van der Waals surface area contributed by atoms with E-state index in [9.17, 15) is 9.59 Å². The lowest BCUT2D eigenvalue weighted by atomic mass is 10.1. The Morgan fingerprint density at radius 2 is 1.48 bits per heavy atom. The van der Waals surface area contributed by atoms with Gasteiger partial charge in [0.15, 0.2) is 0 Å². The summed E-state index contributed by atoms with van der Waals surface area (Å²) < 4.78 is 5.19. The summed E-state index contributed by atoms with van der Waals surface area (Å²) in [4.78, 5) is 23.0. The second-order valence-corrected chi connectivity index (χ2v) is 6.88. The molecule has 0 aliphatic heterocycles. The third-order valence-corrected chi connectivity index (χ3v) is 4.37. The van der Waals surface area contributed by atoms with Crippen LogP contribution in [0, 0.1) is 0 Å². The summed E-state index contributed by atoms with van der Waals surface area (Å²) in [6.07, 6.45) is 22.9. The van der Waals surface area contributed by atoms with Gasteiger partial charge in [-0.05, 0) is 50.7 Å². The lowest BCUT2D eigenvalue weighted by molar-refractivity contribution is -0.134. The molecule has 0 aromatic heterocycles. The summed E-state index contributed by atoms with van der Waals surface area (Å²) in [7, 11) is 0. The zero-order valence-electron chi connectivity index (χ0n) is 17.5. The fourth-order valence-electron chi connectivity index (χ4n) is 2.79. The van der Waals surface area contributed by atoms with Gasteiger partial charge in [0, 0.05) is 6.42 Å². The molecule has 0 radical (unpaired) electrons. The summed E-state index contributed by atoms with van der Waals surface area (Å²) >= 11 is 0. The molecular weight excluding hydrogens is 364 g/mol. The van der Waals surface area contributed by atoms with Crippen LogP contribution in [0.25, 0.3) is 0 Å². The fraction of sp³-hybridized carbons (Fsp3) is 0.440. The van der Waals surface area contributed by atoms with E-state index in [0.717, 1.165) is 57.8 Å². The molecule has 0 heterocycles. The molecule has 0 fully saturated rings. The highest BCUT2D eigenvalue weighted by atomic mass is 16.5. The van der Waals surface area contributed by atoms with Crippen molar-refractivity contribution >= 4 is 11.9 Å². The van der Waals surface area contributed by atoms with E-state index in [1.807, 2.05) is 0 Å². The van der Waals surface area contributed by atoms with Gasteiger partial charge in [0.05, 0.1) is 0 Å². The lowest BCUT2D eigenvalue weighted by Crippen LogP contribution is -2.10. The van der Waals surface area contributed by atoms with Crippen LogP contribution in [0.3, 0.4) is 0 Å². The van der Waals surface area contributed by atoms with Gasteiger partial charge < -0.3 is 9.84 Å². The van der Waals surface area contributed by atoms with E-state index in [1.165, 1.54) is 12.1 Å². The molecule has 0 aliphatic carbocycles. The maximum absolute atomic E-state index is 11.9. The summed E-state index contributed by atoms with van der Waals surface area (Å²) in [6, 6.07) is 6.21. The van der Waals surface area contributed by atoms with Gasteiger partial charge in [-0.2, -0.15) is 0 Å². The number of carboxylic acid groups (broad SMARTS) is 1. The molecule has 0 bridgehead atoms. The second kappa shape index (κ2) is 16.3. The molecule has 0 atom stereocenters. The maximum Gasteiger partial charge on any atom is 0.339 e. The molecule has 4 nitrogen and oxygen atoms in total. The number of allylic oxidation sites excluding steroid dienone is 6. The van der Waals surface area contributed by atoms with Crippen molar-refractivity contribution < 1.29 is 19.4 Å². The Bertz CT molecular complexity index is 686. The van der Waals surface area contributed by atoms with E-state index in [-0.39, 0.29) is 17.3 Å². The molecule has 1 aromatic carbocycles. The first-order valence-corrected chi connectivity index (χ1v) is 10.6. The fourth-order valence-corrected chi connectivity index (χ4v) is 2.79. The van der Waals surface area contributed by atoms with Gasteiger partial charge in [-0.3, -0.25) is 4.79 Å². The number of esters is 1. The molecule has 0 aliphatic rings. The lowest BCUT2D eigenvalue weighted by Gasteiger charge is -2.07. The predicted octanol–water partition coefficient (Wildman–Crippen LogP) is 6.88. The summed E-state index contributed by atoms with van der Waals surface area (Å²) in [6.45, 7) is 2.14. The molecule has 29 heavy (non-hydrogen) atoms. The first-order chi connectivity index (χ1) is 14.1. The van der Waals surface area contributed by atoms with Crippen LogP contribution in [-0.4, -0.2) is 17.0 Å². The van der Waals surface area contributed by atoms with Crippen LogP contribution in [0.2, 0.25) is 0 Å². The Morgan fingerprint density at radius 1 is 0.862 bits per heavy atom. The number of para-hydroxylation sites is 1. The van der Waals surface area contributed by atoms with E-state index >= 15 is 0 Å². The zero-order valence-corrected chi connectivity index (χ0v) is 17.5. The predicted molar refractivity (Wildman–Crippen MR) is 118 cm³/mol. The molecule has 1 aromatic rings. The Morgan fingerprint density at radius 3 is 2.21 bits per heavy atom. The Labute approximate surface area is 175 Å². The number of carbonyl (C=O) groups is 2. The van der Waals surface area contributed by atoms with Gasteiger partial charge in [-0.1, -0.05) is 74.8 Å². The van der Waals surface area contributed by atoms with Gasteiger partial charge in [-0.15, -0.1) is 0 Å². The number of hydrogen-bond donors (Lipinski definition) is 1. The maximum atomic E-state index is 11.9. The van der Waals surface area contributed by atoms with Crippen LogP contribution >= 0.6 is 0 Å². The molecule has 1 N–H and O–H groups in total. The monoisotopic (exact) mass is 398 g/mol. The third kappa shape index (κ3) is 12.5. The van der Waals surface area contributed by atoms with Crippen LogP contribution in [-0.2, 0) is 4.79 Å². The van der Waals surface area contributed by atoms with Crippen molar-refractivity contribution in [2.24, 2.45) is 0 Å². The van der Waals surface area contributed by atoms with Crippen molar-refractivity contribution in [3.63, 3.8) is 0 Å². The number of carboxylic acids is 1. The highest BCUT2D eigenvalue weighted by molar-refractivity contribution is 5.91. The molecule has 1 rings (SSSR count). The van der Waals surface area contributed by atoms with Gasteiger partial charge >= 0.3 is 11.9 Å². The van der Waals surface area contributed by atoms with Crippen molar-refractivity contribution in [1.29, 1.82) is 0 Å². The zero-order chi connectivity index (χ0) is 21.2. The van der Waals surface area contributed by atoms with Crippen molar-refractivity contribution in [3.05, 3.63) is 66.3 Å². The average Bonchev–Trinajstić information content (AvgIpc) is 2.71. The minimum atomic E-state index is -1.09. The van der Waals surface area contributed by atoms with E-state index in [1.54, 1.807) is 12.1 Å². The summed E-state index contributed by atoms with van der Waals surface area (Å²) in [5.41, 5.74) is 0.0118. The Hall–Kier alpha value is -2.62. The van der Waals surface area contributed by atoms with Gasteiger partial charge in [-0.25, -0.2) is 4.79 Å². The highest BCUT2D eigenvalue weighted by Crippen LogP contribution is 2.19. The number of aromatic carboxylic acids is 1. The van der Waals surface area contributed by atoms with Crippen LogP contribution in [0.4, 0.5) is 0 Å². The van der Waals surface area contributed by atoms with Gasteiger partial charge in [0.1, 0.15) is 11.3 Å². The molecule has 0 saturated heterocycles. The topological polar surface area (TPSA) is 63.6 Å². The molecular formula is C25H34O4. The Kier molecular flexibility index (Phi) is 13.8. The van der Waals surface area contributed by atoms with Gasteiger partial charge in [0.25, 0.3) is 0 Å². The number of unbranched alkanes of at least 4 members (excludes halogenated alkanes) is 5. The second-order valence-electron chi connectivity index (χ2n) is 6.88. The largest absolute Gasteiger partial charge is 0.478 e. The van der Waals surface area contributed by atoms with Crippen molar-refractivity contribution in [1.82, 2.24) is 0 Å². The number of rotatable bonds is 15. The van der Waals surface area contributed by atoms with Crippen LogP contribution in [0.1, 0.15) is 81.5 Å². The van der Waals surface area contributed by atoms with E-state index < -0.39 is 5.97 Å². The molecule has 158 valence electrons. The number of carbonyl (C=O) groups excluding carboxylic acids is 1. The molecule has 0 amide bonds. The number of ether oxygens (including phenoxy) is 1. The van der Waals surface area contributed by atoms with Crippen LogP contribution in [0.15, 0.2) is 60.7 Å². The van der Waals surface area contributed by atoms with E-state index in [2.05, 4.69) is 43.4 Å². The van der Waals surface area contributed by atoms with E-state index in [0.29, 0.717) is 6.42 Å². The summed E-state index contributed by atoms with van der Waals surface area (Å²) in [5, 5.41) is 9.09. The minimum Gasteiger partial charge on any atom is -0.478 e. The Balaban J connectivity index is 2.03. The highest BCUT2D eigenvalue weighted by Gasteiger charge is 2.13. The van der Waals surface area contributed by atoms with Gasteiger partial charge in [0.2, 0.25) is 0 Å². The molecule has 4 heteroatoms. The van der Waals surface area contributed by atoms with Crippen molar-refractivity contribution in [2.45, 2.75) is 71.1 Å². The average molecular weight is 399 g/mol. The molecule has 0 spiro atoms. The number of hydrogen-bond acceptors (Lipinski definition) is 3. The smallest absolute Gasteiger partial charge is 0.339 e. The first-order valence-electron chi connectivity index (χ1n) is 10.6. The van der Waals surface area contributed by atoms with Crippen molar-refractivity contribution in [3.8, 4) is 5.75 Å².